The molecule has 128 valence electrons. The number of nitrogens with one attached hydrogen (secondary N) is 2. The zero-order chi connectivity index (χ0) is 17.2. The van der Waals surface area contributed by atoms with Gasteiger partial charge < -0.3 is 20.7 Å². The lowest BCUT2D eigenvalue weighted by molar-refractivity contribution is -0.641. The molecule has 2 N–H and O–H groups in total. The Labute approximate surface area is 149 Å². The van der Waals surface area contributed by atoms with Crippen LogP contribution in [0.3, 0.4) is 0 Å². The van der Waals surface area contributed by atoms with Gasteiger partial charge in [0.25, 0.3) is 11.5 Å². The predicted octanol–water partition coefficient (Wildman–Crippen LogP) is 2.07. The van der Waals surface area contributed by atoms with Gasteiger partial charge in [0.2, 0.25) is 0 Å². The number of benzene rings is 2. The second-order valence-electron chi connectivity index (χ2n) is 5.85. The molecular weight excluding hydrogens is 340 g/mol. The van der Waals surface area contributed by atoms with Gasteiger partial charge in [-0.2, -0.15) is 0 Å². The van der Waals surface area contributed by atoms with Crippen LogP contribution in [0.5, 0.6) is 0 Å². The first-order chi connectivity index (χ1) is 12.2. The highest BCUT2D eigenvalue weighted by Crippen LogP contribution is 2.21. The van der Waals surface area contributed by atoms with Gasteiger partial charge in [-0.05, 0) is 41.2 Å². The van der Waals surface area contributed by atoms with Crippen molar-refractivity contribution in [3.05, 3.63) is 52.7 Å². The molecular formula is C17H17ClN6O. The van der Waals surface area contributed by atoms with Crippen molar-refractivity contribution in [1.29, 1.82) is 0 Å². The number of anilines is 3. The molecule has 1 saturated heterocycles. The SMILES string of the molecule is [O-][n+]1nc(Nc2ccc(N3CCNCC3)cc2)nc2cc(Cl)ccc21. The summed E-state index contributed by atoms with van der Waals surface area (Å²) in [4.78, 5) is 7.24. The smallest absolute Gasteiger partial charge is 0.295 e. The molecule has 0 bridgehead atoms. The van der Waals surface area contributed by atoms with Crippen molar-refractivity contribution in [2.75, 3.05) is 36.4 Å². The van der Waals surface area contributed by atoms with Crippen molar-refractivity contribution < 1.29 is 4.85 Å². The highest BCUT2D eigenvalue weighted by atomic mass is 35.5. The van der Waals surface area contributed by atoms with E-state index in [-0.39, 0.29) is 5.95 Å². The van der Waals surface area contributed by atoms with Gasteiger partial charge in [-0.15, -0.1) is 0 Å². The first-order valence-electron chi connectivity index (χ1n) is 8.09. The van der Waals surface area contributed by atoms with Gasteiger partial charge in [0, 0.05) is 48.6 Å². The van der Waals surface area contributed by atoms with E-state index >= 15 is 0 Å². The fraction of sp³-hybridized carbons (Fsp3) is 0.235. The van der Waals surface area contributed by atoms with E-state index in [9.17, 15) is 5.21 Å². The molecule has 1 aliphatic rings. The van der Waals surface area contributed by atoms with Crippen LogP contribution in [0.1, 0.15) is 0 Å². The van der Waals surface area contributed by atoms with Crippen molar-refractivity contribution in [3.63, 3.8) is 0 Å². The summed E-state index contributed by atoms with van der Waals surface area (Å²) in [5.74, 6) is 0.236. The lowest BCUT2D eigenvalue weighted by Crippen LogP contribution is -2.43. The number of hydrogen-bond donors (Lipinski definition) is 2. The number of aromatic nitrogens is 3. The molecule has 0 unspecified atom stereocenters. The normalized spacial score (nSPS) is 14.7. The quantitative estimate of drug-likeness (QED) is 0.552. The van der Waals surface area contributed by atoms with Crippen molar-refractivity contribution >= 4 is 40.0 Å². The molecule has 0 spiro atoms. The van der Waals surface area contributed by atoms with Gasteiger partial charge in [0.15, 0.2) is 0 Å². The molecule has 4 rings (SSSR count). The van der Waals surface area contributed by atoms with E-state index in [1.54, 1.807) is 18.2 Å². The Hall–Kier alpha value is -2.64. The summed E-state index contributed by atoms with van der Waals surface area (Å²) in [5, 5.41) is 22.9. The number of nitrogens with zero attached hydrogens (tertiary/aromatic N) is 4. The zero-order valence-electron chi connectivity index (χ0n) is 13.4. The third-order valence-corrected chi connectivity index (χ3v) is 4.40. The number of halogens is 1. The van der Waals surface area contributed by atoms with Crippen LogP contribution in [-0.2, 0) is 0 Å². The lowest BCUT2D eigenvalue weighted by Gasteiger charge is -2.29. The second-order valence-corrected chi connectivity index (χ2v) is 6.29. The molecule has 0 radical (unpaired) electrons. The Morgan fingerprint density at radius 2 is 1.88 bits per heavy atom. The molecule has 2 heterocycles. The molecule has 3 aromatic rings. The monoisotopic (exact) mass is 356 g/mol. The van der Waals surface area contributed by atoms with E-state index in [4.69, 9.17) is 11.6 Å². The van der Waals surface area contributed by atoms with Crippen LogP contribution in [0.25, 0.3) is 11.0 Å². The van der Waals surface area contributed by atoms with Crippen LogP contribution in [0, 0.1) is 5.21 Å². The van der Waals surface area contributed by atoms with Crippen molar-refractivity contribution in [3.8, 4) is 0 Å². The Balaban J connectivity index is 1.56. The van der Waals surface area contributed by atoms with Crippen LogP contribution in [0.15, 0.2) is 42.5 Å². The van der Waals surface area contributed by atoms with Gasteiger partial charge >= 0.3 is 0 Å². The molecule has 1 aliphatic heterocycles. The summed E-state index contributed by atoms with van der Waals surface area (Å²) in [6.45, 7) is 3.99. The number of piperazine rings is 1. The molecule has 7 nitrogen and oxygen atoms in total. The third kappa shape index (κ3) is 3.42. The van der Waals surface area contributed by atoms with Gasteiger partial charge in [0.1, 0.15) is 5.52 Å². The minimum Gasteiger partial charge on any atom is -0.594 e. The van der Waals surface area contributed by atoms with Crippen LogP contribution in [-0.4, -0.2) is 36.3 Å². The summed E-state index contributed by atoms with van der Waals surface area (Å²) in [6.07, 6.45) is 0. The summed E-state index contributed by atoms with van der Waals surface area (Å²) in [6, 6.07) is 12.9. The Morgan fingerprint density at radius 3 is 2.64 bits per heavy atom. The average molecular weight is 357 g/mol. The fourth-order valence-corrected chi connectivity index (χ4v) is 3.05. The summed E-state index contributed by atoms with van der Waals surface area (Å²) in [5.41, 5.74) is 2.87. The molecule has 25 heavy (non-hydrogen) atoms. The van der Waals surface area contributed by atoms with E-state index in [0.29, 0.717) is 20.9 Å². The molecule has 1 fully saturated rings. The maximum Gasteiger partial charge on any atom is 0.295 e. The topological polar surface area (TPSA) is 80.0 Å². The highest BCUT2D eigenvalue weighted by Gasteiger charge is 2.13. The molecule has 8 heteroatoms. The van der Waals surface area contributed by atoms with E-state index in [1.807, 2.05) is 12.1 Å². The Morgan fingerprint density at radius 1 is 1.12 bits per heavy atom. The molecule has 0 amide bonds. The van der Waals surface area contributed by atoms with Crippen molar-refractivity contribution in [1.82, 2.24) is 15.4 Å². The summed E-state index contributed by atoms with van der Waals surface area (Å²) < 4.78 is 0. The molecule has 0 atom stereocenters. The summed E-state index contributed by atoms with van der Waals surface area (Å²) >= 11 is 5.97. The van der Waals surface area contributed by atoms with Gasteiger partial charge in [-0.1, -0.05) is 11.6 Å². The predicted molar refractivity (Wildman–Crippen MR) is 98.3 cm³/mol. The molecule has 1 aromatic heterocycles. The number of rotatable bonds is 3. The van der Waals surface area contributed by atoms with E-state index in [2.05, 4.69) is 37.7 Å². The minimum absolute atomic E-state index is 0.236. The van der Waals surface area contributed by atoms with Gasteiger partial charge in [-0.25, -0.2) is 4.98 Å². The second kappa shape index (κ2) is 6.70. The Bertz CT molecular complexity index is 896. The number of hydrogen-bond acceptors (Lipinski definition) is 6. The van der Waals surface area contributed by atoms with Crippen LogP contribution >= 0.6 is 11.6 Å². The molecule has 2 aromatic carbocycles. The highest BCUT2D eigenvalue weighted by molar-refractivity contribution is 6.31. The molecule has 0 saturated carbocycles. The molecule has 0 aliphatic carbocycles. The Kier molecular flexibility index (Phi) is 4.25. The van der Waals surface area contributed by atoms with Crippen LogP contribution in [0.4, 0.5) is 17.3 Å². The first kappa shape index (κ1) is 15.9. The standard InChI is InChI=1S/C17H17ClN6O/c18-12-1-6-16-15(11-12)21-17(22-24(16)25)20-13-2-4-14(5-3-13)23-9-7-19-8-10-23/h1-6,11,19H,7-10H2,(H,20,21,22). The van der Waals surface area contributed by atoms with E-state index in [0.717, 1.165) is 31.9 Å². The zero-order valence-corrected chi connectivity index (χ0v) is 14.2. The van der Waals surface area contributed by atoms with E-state index in [1.165, 1.54) is 5.69 Å². The van der Waals surface area contributed by atoms with Crippen LogP contribution < -0.4 is 20.4 Å². The average Bonchev–Trinajstić information content (AvgIpc) is 2.63. The van der Waals surface area contributed by atoms with Crippen LogP contribution in [0.2, 0.25) is 5.02 Å². The maximum absolute atomic E-state index is 12.0. The van der Waals surface area contributed by atoms with Gasteiger partial charge in [-0.3, -0.25) is 0 Å². The third-order valence-electron chi connectivity index (χ3n) is 4.16. The largest absolute Gasteiger partial charge is 0.594 e. The maximum atomic E-state index is 12.0. The summed E-state index contributed by atoms with van der Waals surface area (Å²) in [7, 11) is 0. The lowest BCUT2D eigenvalue weighted by atomic mass is 10.2. The van der Waals surface area contributed by atoms with Crippen molar-refractivity contribution in [2.45, 2.75) is 0 Å². The number of fused-ring (bicyclic) bond motifs is 1. The first-order valence-corrected chi connectivity index (χ1v) is 8.47. The fourth-order valence-electron chi connectivity index (χ4n) is 2.88. The van der Waals surface area contributed by atoms with E-state index < -0.39 is 0 Å². The van der Waals surface area contributed by atoms with Gasteiger partial charge in [0.05, 0.1) is 5.10 Å². The van der Waals surface area contributed by atoms with Crippen molar-refractivity contribution in [2.24, 2.45) is 0 Å². The minimum atomic E-state index is 0.236.